The molecule has 0 spiro atoms. The van der Waals surface area contributed by atoms with Gasteiger partial charge in [0.05, 0.1) is 25.7 Å². The highest BCUT2D eigenvalue weighted by Crippen LogP contribution is 2.27. The second-order valence-electron chi connectivity index (χ2n) is 7.60. The first-order chi connectivity index (χ1) is 16.6. The number of hydrogen-bond acceptors (Lipinski definition) is 7. The molecule has 0 saturated carbocycles. The first-order valence-electron chi connectivity index (χ1n) is 11.0. The molecule has 176 valence electrons. The van der Waals surface area contributed by atoms with E-state index in [1.54, 1.807) is 18.7 Å². The van der Waals surface area contributed by atoms with Gasteiger partial charge in [0, 0.05) is 12.1 Å². The Balaban J connectivity index is 1.34. The minimum Gasteiger partial charge on any atom is -0.493 e. The number of amides is 1. The third kappa shape index (κ3) is 5.48. The van der Waals surface area contributed by atoms with E-state index in [1.807, 2.05) is 30.3 Å². The second kappa shape index (κ2) is 11.0. The molecule has 0 unspecified atom stereocenters. The zero-order valence-corrected chi connectivity index (χ0v) is 20.3. The average molecular weight is 478 g/mol. The maximum atomic E-state index is 12.4. The number of carbonyl (C=O) groups excluding carboxylic acids is 1. The van der Waals surface area contributed by atoms with Gasteiger partial charge in [-0.1, -0.05) is 49.0 Å². The highest BCUT2D eigenvalue weighted by molar-refractivity contribution is 7.99. The molecule has 0 radical (unpaired) electrons. The van der Waals surface area contributed by atoms with E-state index in [-0.39, 0.29) is 11.7 Å². The van der Waals surface area contributed by atoms with Gasteiger partial charge in [0.25, 0.3) is 0 Å². The van der Waals surface area contributed by atoms with Gasteiger partial charge in [-0.15, -0.1) is 10.2 Å². The summed E-state index contributed by atoms with van der Waals surface area (Å²) in [5.41, 5.74) is 4.83. The molecule has 0 atom stereocenters. The molecule has 0 fully saturated rings. The lowest BCUT2D eigenvalue weighted by Crippen LogP contribution is -2.27. The molecule has 9 heteroatoms. The number of fused-ring (bicyclic) bond motifs is 1. The molecule has 1 N–H and O–H groups in total. The number of rotatable bonds is 10. The van der Waals surface area contributed by atoms with Crippen molar-refractivity contribution in [2.45, 2.75) is 24.9 Å². The molecule has 8 nitrogen and oxygen atoms in total. The van der Waals surface area contributed by atoms with E-state index in [1.165, 1.54) is 17.3 Å². The van der Waals surface area contributed by atoms with Gasteiger partial charge >= 0.3 is 0 Å². The number of aryl methyl sites for hydroxylation is 1. The highest BCUT2D eigenvalue weighted by Gasteiger charge is 2.12. The zero-order valence-electron chi connectivity index (χ0n) is 19.4. The molecule has 2 aromatic carbocycles. The van der Waals surface area contributed by atoms with Gasteiger partial charge in [0.15, 0.2) is 17.1 Å². The molecule has 0 bridgehead atoms. The summed E-state index contributed by atoms with van der Waals surface area (Å²) in [7, 11) is 3.21. The number of benzene rings is 2. The Kier molecular flexibility index (Phi) is 7.64. The molecular formula is C25H27N5O3S. The van der Waals surface area contributed by atoms with Crippen molar-refractivity contribution in [1.82, 2.24) is 25.1 Å². The quantitative estimate of drug-likeness (QED) is 0.347. The van der Waals surface area contributed by atoms with Gasteiger partial charge < -0.3 is 14.8 Å². The molecule has 0 aliphatic rings. The van der Waals surface area contributed by atoms with E-state index >= 15 is 0 Å². The van der Waals surface area contributed by atoms with Crippen molar-refractivity contribution in [2.75, 3.05) is 26.5 Å². The van der Waals surface area contributed by atoms with Crippen molar-refractivity contribution >= 4 is 23.3 Å². The fourth-order valence-corrected chi connectivity index (χ4v) is 4.21. The Morgan fingerprint density at radius 2 is 1.74 bits per heavy atom. The summed E-state index contributed by atoms with van der Waals surface area (Å²) < 4.78 is 12.3. The molecule has 0 saturated heterocycles. The van der Waals surface area contributed by atoms with Crippen LogP contribution in [0.3, 0.4) is 0 Å². The predicted octanol–water partition coefficient (Wildman–Crippen LogP) is 3.82. The summed E-state index contributed by atoms with van der Waals surface area (Å²) >= 11 is 1.31. The zero-order chi connectivity index (χ0) is 23.9. The van der Waals surface area contributed by atoms with E-state index in [0.717, 1.165) is 23.2 Å². The summed E-state index contributed by atoms with van der Waals surface area (Å²) in [5, 5.41) is 16.6. The van der Waals surface area contributed by atoms with Crippen LogP contribution in [0.2, 0.25) is 0 Å². The van der Waals surface area contributed by atoms with E-state index in [2.05, 4.69) is 51.8 Å². The van der Waals surface area contributed by atoms with E-state index in [9.17, 15) is 4.79 Å². The van der Waals surface area contributed by atoms with Crippen LogP contribution >= 0.6 is 11.8 Å². The van der Waals surface area contributed by atoms with Gasteiger partial charge in [0.1, 0.15) is 0 Å². The summed E-state index contributed by atoms with van der Waals surface area (Å²) in [6, 6.07) is 17.9. The van der Waals surface area contributed by atoms with Crippen LogP contribution in [0, 0.1) is 0 Å². The molecule has 4 rings (SSSR count). The smallest absolute Gasteiger partial charge is 0.230 e. The van der Waals surface area contributed by atoms with Crippen molar-refractivity contribution in [2.24, 2.45) is 0 Å². The van der Waals surface area contributed by atoms with Crippen LogP contribution in [0.5, 0.6) is 11.5 Å². The monoisotopic (exact) mass is 477 g/mol. The minimum atomic E-state index is -0.0754. The fraction of sp³-hybridized carbons (Fsp3) is 0.280. The number of thioether (sulfide) groups is 1. The van der Waals surface area contributed by atoms with Gasteiger partial charge in [-0.3, -0.25) is 4.79 Å². The standard InChI is InChI=1S/C25H27N5O3S/c1-4-17-5-8-19(9-6-17)20-10-12-23-27-28-25(30(23)29-20)34-16-24(31)26-14-13-18-7-11-21(32-2)22(15-18)33-3/h5-12,15H,4,13-14,16H2,1-3H3,(H,26,31). The summed E-state index contributed by atoms with van der Waals surface area (Å²) in [5.74, 6) is 1.51. The van der Waals surface area contributed by atoms with Crippen molar-refractivity contribution < 1.29 is 14.3 Å². The number of methoxy groups -OCH3 is 2. The summed E-state index contributed by atoms with van der Waals surface area (Å²) in [6.45, 7) is 2.65. The highest BCUT2D eigenvalue weighted by atomic mass is 32.2. The number of aromatic nitrogens is 4. The van der Waals surface area contributed by atoms with Gasteiger partial charge in [0.2, 0.25) is 11.1 Å². The number of carbonyl (C=O) groups is 1. The van der Waals surface area contributed by atoms with Gasteiger partial charge in [-0.2, -0.15) is 9.61 Å². The normalized spacial score (nSPS) is 10.9. The Bertz CT molecular complexity index is 1270. The fourth-order valence-electron chi connectivity index (χ4n) is 3.49. The lowest BCUT2D eigenvalue weighted by molar-refractivity contribution is -0.118. The van der Waals surface area contributed by atoms with E-state index in [4.69, 9.17) is 9.47 Å². The van der Waals surface area contributed by atoms with Crippen LogP contribution in [-0.2, 0) is 17.6 Å². The number of nitrogens with zero attached hydrogens (tertiary/aromatic N) is 4. The van der Waals surface area contributed by atoms with Crippen molar-refractivity contribution in [1.29, 1.82) is 0 Å². The Hall–Kier alpha value is -3.59. The number of nitrogens with one attached hydrogen (secondary N) is 1. The summed E-state index contributed by atoms with van der Waals surface area (Å²) in [4.78, 5) is 12.4. The Labute approximate surface area is 202 Å². The predicted molar refractivity (Wildman–Crippen MR) is 133 cm³/mol. The topological polar surface area (TPSA) is 90.6 Å². The third-order valence-electron chi connectivity index (χ3n) is 5.41. The van der Waals surface area contributed by atoms with Gasteiger partial charge in [-0.05, 0) is 48.2 Å². The van der Waals surface area contributed by atoms with Crippen LogP contribution in [-0.4, -0.2) is 52.2 Å². The number of ether oxygens (including phenoxy) is 2. The van der Waals surface area contributed by atoms with E-state index < -0.39 is 0 Å². The lowest BCUT2D eigenvalue weighted by Gasteiger charge is -2.10. The molecule has 34 heavy (non-hydrogen) atoms. The molecule has 1 amide bonds. The molecular weight excluding hydrogens is 450 g/mol. The molecule has 2 aromatic heterocycles. The van der Waals surface area contributed by atoms with E-state index in [0.29, 0.717) is 35.3 Å². The maximum Gasteiger partial charge on any atom is 0.230 e. The molecule has 4 aromatic rings. The maximum absolute atomic E-state index is 12.4. The average Bonchev–Trinajstić information content (AvgIpc) is 3.29. The number of hydrogen-bond donors (Lipinski definition) is 1. The Morgan fingerprint density at radius 1 is 0.971 bits per heavy atom. The largest absolute Gasteiger partial charge is 0.493 e. The lowest BCUT2D eigenvalue weighted by atomic mass is 10.1. The van der Waals surface area contributed by atoms with Crippen LogP contribution in [0.4, 0.5) is 0 Å². The second-order valence-corrected chi connectivity index (χ2v) is 8.54. The SMILES string of the molecule is CCc1ccc(-c2ccc3nnc(SCC(=O)NCCc4ccc(OC)c(OC)c4)n3n2)cc1. The van der Waals surface area contributed by atoms with Crippen molar-refractivity contribution in [3.63, 3.8) is 0 Å². The van der Waals surface area contributed by atoms with Crippen LogP contribution in [0.1, 0.15) is 18.1 Å². The van der Waals surface area contributed by atoms with Crippen LogP contribution < -0.4 is 14.8 Å². The van der Waals surface area contributed by atoms with Crippen molar-refractivity contribution in [3.05, 3.63) is 65.7 Å². The van der Waals surface area contributed by atoms with Crippen LogP contribution in [0.15, 0.2) is 59.8 Å². The molecule has 2 heterocycles. The minimum absolute atomic E-state index is 0.0754. The Morgan fingerprint density at radius 3 is 2.47 bits per heavy atom. The first kappa shape index (κ1) is 23.6. The third-order valence-corrected chi connectivity index (χ3v) is 6.33. The van der Waals surface area contributed by atoms with Crippen LogP contribution in [0.25, 0.3) is 16.9 Å². The van der Waals surface area contributed by atoms with Gasteiger partial charge in [-0.25, -0.2) is 0 Å². The van der Waals surface area contributed by atoms with Crippen molar-refractivity contribution in [3.8, 4) is 22.8 Å². The molecule has 0 aliphatic carbocycles. The summed E-state index contributed by atoms with van der Waals surface area (Å²) in [6.07, 6.45) is 1.68. The molecule has 0 aliphatic heterocycles. The first-order valence-corrected chi connectivity index (χ1v) is 12.0.